The molecule has 6 heteroatoms. The molecule has 6 nitrogen and oxygen atoms in total. The molecule has 3 aliphatic rings. The highest BCUT2D eigenvalue weighted by Crippen LogP contribution is 2.34. The van der Waals surface area contributed by atoms with Gasteiger partial charge in [-0.05, 0) is 44.7 Å². The molecule has 158 valence electrons. The SMILES string of the molecule is C[C@@H]1CN(C(=O)N2CCC(C(=O)NC3CCCCCC3)CC2)c2ccccc2O1. The van der Waals surface area contributed by atoms with Gasteiger partial charge in [0.25, 0.3) is 0 Å². The third-order valence-corrected chi connectivity index (χ3v) is 6.49. The quantitative estimate of drug-likeness (QED) is 0.766. The Morgan fingerprint density at radius 1 is 1.00 bits per heavy atom. The Labute approximate surface area is 173 Å². The zero-order valence-electron chi connectivity index (χ0n) is 17.4. The molecule has 0 radical (unpaired) electrons. The third-order valence-electron chi connectivity index (χ3n) is 6.49. The first-order valence-electron chi connectivity index (χ1n) is 11.2. The van der Waals surface area contributed by atoms with Gasteiger partial charge in [0.15, 0.2) is 0 Å². The molecule has 4 rings (SSSR count). The summed E-state index contributed by atoms with van der Waals surface area (Å²) in [4.78, 5) is 29.6. The number of hydrogen-bond acceptors (Lipinski definition) is 3. The average Bonchev–Trinajstić information content (AvgIpc) is 3.01. The molecule has 1 aromatic rings. The fourth-order valence-corrected chi connectivity index (χ4v) is 4.82. The fourth-order valence-electron chi connectivity index (χ4n) is 4.82. The van der Waals surface area contributed by atoms with Crippen molar-refractivity contribution in [1.29, 1.82) is 0 Å². The number of nitrogens with zero attached hydrogens (tertiary/aromatic N) is 2. The van der Waals surface area contributed by atoms with Gasteiger partial charge in [0.05, 0.1) is 12.2 Å². The number of urea groups is 1. The van der Waals surface area contributed by atoms with Crippen LogP contribution in [-0.4, -0.2) is 48.6 Å². The van der Waals surface area contributed by atoms with Gasteiger partial charge in [0.2, 0.25) is 5.91 Å². The summed E-state index contributed by atoms with van der Waals surface area (Å²) in [6.45, 7) is 3.81. The summed E-state index contributed by atoms with van der Waals surface area (Å²) in [6.07, 6.45) is 8.69. The number of likely N-dealkylation sites (tertiary alicyclic amines) is 1. The maximum absolute atomic E-state index is 13.2. The number of carbonyl (C=O) groups is 2. The molecule has 1 N–H and O–H groups in total. The standard InChI is InChI=1S/C23H33N3O3/c1-17-16-26(20-10-6-7-11-21(20)29-17)23(28)25-14-12-18(13-15-25)22(27)24-19-8-4-2-3-5-9-19/h6-7,10-11,17-19H,2-5,8-9,12-16H2,1H3,(H,24,27)/t17-/m1/s1. The molecule has 0 aromatic heterocycles. The van der Waals surface area contributed by atoms with Crippen LogP contribution >= 0.6 is 0 Å². The van der Waals surface area contributed by atoms with Gasteiger partial charge in [-0.2, -0.15) is 0 Å². The van der Waals surface area contributed by atoms with E-state index in [4.69, 9.17) is 4.74 Å². The molecule has 2 heterocycles. The fraction of sp³-hybridized carbons (Fsp3) is 0.652. The maximum Gasteiger partial charge on any atom is 0.324 e. The highest BCUT2D eigenvalue weighted by molar-refractivity contribution is 5.94. The topological polar surface area (TPSA) is 61.9 Å². The van der Waals surface area contributed by atoms with Crippen LogP contribution in [0.15, 0.2) is 24.3 Å². The summed E-state index contributed by atoms with van der Waals surface area (Å²) in [5.74, 6) is 0.977. The monoisotopic (exact) mass is 399 g/mol. The largest absolute Gasteiger partial charge is 0.487 e. The minimum absolute atomic E-state index is 0.0234. The second kappa shape index (κ2) is 9.06. The predicted octanol–water partition coefficient (Wildman–Crippen LogP) is 3.94. The van der Waals surface area contributed by atoms with Crippen molar-refractivity contribution in [3.05, 3.63) is 24.3 Å². The van der Waals surface area contributed by atoms with Crippen molar-refractivity contribution in [3.63, 3.8) is 0 Å². The van der Waals surface area contributed by atoms with E-state index in [2.05, 4.69) is 5.32 Å². The van der Waals surface area contributed by atoms with E-state index in [0.717, 1.165) is 37.1 Å². The Morgan fingerprint density at radius 2 is 1.69 bits per heavy atom. The van der Waals surface area contributed by atoms with Gasteiger partial charge in [0.1, 0.15) is 11.9 Å². The van der Waals surface area contributed by atoms with Crippen LogP contribution < -0.4 is 15.0 Å². The summed E-state index contributed by atoms with van der Waals surface area (Å²) in [6, 6.07) is 8.08. The van der Waals surface area contributed by atoms with E-state index in [1.54, 1.807) is 0 Å². The van der Waals surface area contributed by atoms with Crippen LogP contribution in [0.2, 0.25) is 0 Å². The molecule has 0 unspecified atom stereocenters. The van der Waals surface area contributed by atoms with E-state index in [1.165, 1.54) is 25.7 Å². The number of benzene rings is 1. The number of para-hydroxylation sites is 2. The van der Waals surface area contributed by atoms with Gasteiger partial charge in [0, 0.05) is 25.0 Å². The number of ether oxygens (including phenoxy) is 1. The number of anilines is 1. The molecule has 3 amide bonds. The van der Waals surface area contributed by atoms with E-state index in [9.17, 15) is 9.59 Å². The van der Waals surface area contributed by atoms with Crippen LogP contribution in [0.1, 0.15) is 58.3 Å². The molecule has 1 atom stereocenters. The second-order valence-corrected chi connectivity index (χ2v) is 8.75. The number of carbonyl (C=O) groups excluding carboxylic acids is 2. The molecule has 0 bridgehead atoms. The molecule has 29 heavy (non-hydrogen) atoms. The summed E-state index contributed by atoms with van der Waals surface area (Å²) >= 11 is 0. The van der Waals surface area contributed by atoms with E-state index in [-0.39, 0.29) is 24.0 Å². The smallest absolute Gasteiger partial charge is 0.324 e. The normalized spacial score (nSPS) is 23.7. The van der Waals surface area contributed by atoms with Gasteiger partial charge in [-0.3, -0.25) is 9.69 Å². The Bertz CT molecular complexity index is 722. The van der Waals surface area contributed by atoms with Crippen molar-refractivity contribution in [2.75, 3.05) is 24.5 Å². The molecular weight excluding hydrogens is 366 g/mol. The van der Waals surface area contributed by atoms with Crippen LogP contribution in [0.25, 0.3) is 0 Å². The summed E-state index contributed by atoms with van der Waals surface area (Å²) in [7, 11) is 0. The molecule has 2 aliphatic heterocycles. The van der Waals surface area contributed by atoms with Gasteiger partial charge in [-0.25, -0.2) is 4.79 Å². The zero-order valence-corrected chi connectivity index (χ0v) is 17.4. The van der Waals surface area contributed by atoms with Crippen LogP contribution in [0.3, 0.4) is 0 Å². The van der Waals surface area contributed by atoms with E-state index in [0.29, 0.717) is 25.7 Å². The lowest BCUT2D eigenvalue weighted by molar-refractivity contribution is -0.127. The summed E-state index contributed by atoms with van der Waals surface area (Å²) < 4.78 is 5.86. The number of piperidine rings is 1. The number of amides is 3. The van der Waals surface area contributed by atoms with Crippen LogP contribution in [0, 0.1) is 5.92 Å². The van der Waals surface area contributed by atoms with Crippen molar-refractivity contribution < 1.29 is 14.3 Å². The van der Waals surface area contributed by atoms with Crippen molar-refractivity contribution in [3.8, 4) is 5.75 Å². The first-order chi connectivity index (χ1) is 14.1. The van der Waals surface area contributed by atoms with E-state index < -0.39 is 0 Å². The third kappa shape index (κ3) is 4.68. The number of hydrogen-bond donors (Lipinski definition) is 1. The van der Waals surface area contributed by atoms with Gasteiger partial charge in [-0.1, -0.05) is 37.8 Å². The van der Waals surface area contributed by atoms with Crippen LogP contribution in [0.5, 0.6) is 5.75 Å². The van der Waals surface area contributed by atoms with E-state index in [1.807, 2.05) is 41.0 Å². The van der Waals surface area contributed by atoms with Crippen molar-refractivity contribution in [2.24, 2.45) is 5.92 Å². The summed E-state index contributed by atoms with van der Waals surface area (Å²) in [5.41, 5.74) is 0.837. The second-order valence-electron chi connectivity index (χ2n) is 8.75. The predicted molar refractivity (Wildman–Crippen MR) is 113 cm³/mol. The lowest BCUT2D eigenvalue weighted by Gasteiger charge is -2.39. The Morgan fingerprint density at radius 3 is 2.41 bits per heavy atom. The molecule has 1 saturated heterocycles. The number of nitrogens with one attached hydrogen (secondary N) is 1. The minimum Gasteiger partial charge on any atom is -0.487 e. The Balaban J connectivity index is 1.32. The molecule has 2 fully saturated rings. The van der Waals surface area contributed by atoms with Crippen molar-refractivity contribution >= 4 is 17.6 Å². The van der Waals surface area contributed by atoms with E-state index >= 15 is 0 Å². The van der Waals surface area contributed by atoms with Gasteiger partial charge in [-0.15, -0.1) is 0 Å². The highest BCUT2D eigenvalue weighted by atomic mass is 16.5. The first-order valence-corrected chi connectivity index (χ1v) is 11.2. The minimum atomic E-state index is -0.0308. The summed E-state index contributed by atoms with van der Waals surface area (Å²) in [5, 5.41) is 3.29. The zero-order chi connectivity index (χ0) is 20.2. The number of rotatable bonds is 2. The maximum atomic E-state index is 13.2. The molecule has 1 saturated carbocycles. The van der Waals surface area contributed by atoms with Crippen LogP contribution in [-0.2, 0) is 4.79 Å². The van der Waals surface area contributed by atoms with Crippen LogP contribution in [0.4, 0.5) is 10.5 Å². The molecule has 0 spiro atoms. The first kappa shape index (κ1) is 20.0. The Kier molecular flexibility index (Phi) is 6.26. The van der Waals surface area contributed by atoms with Gasteiger partial charge >= 0.3 is 6.03 Å². The van der Waals surface area contributed by atoms with Gasteiger partial charge < -0.3 is 15.0 Å². The average molecular weight is 400 g/mol. The lowest BCUT2D eigenvalue weighted by Crippen LogP contribution is -2.52. The molecular formula is C23H33N3O3. The molecule has 1 aromatic carbocycles. The highest BCUT2D eigenvalue weighted by Gasteiger charge is 2.34. The van der Waals surface area contributed by atoms with Crippen molar-refractivity contribution in [2.45, 2.75) is 70.4 Å². The number of fused-ring (bicyclic) bond motifs is 1. The molecule has 1 aliphatic carbocycles. The van der Waals surface area contributed by atoms with Crippen molar-refractivity contribution in [1.82, 2.24) is 10.2 Å². The lowest BCUT2D eigenvalue weighted by atomic mass is 9.95. The Hall–Kier alpha value is -2.24.